The van der Waals surface area contributed by atoms with Crippen molar-refractivity contribution >= 4 is 5.91 Å². The molecule has 0 aromatic rings. The van der Waals surface area contributed by atoms with Crippen LogP contribution in [0.1, 0.15) is 51.9 Å². The number of rotatable bonds is 5. The standard InChI is InChI=1S/C14H26N2O2/c1-2-12-11(5-8-18-12)10-16-13(17)9-14(15)6-3-4-7-14/h11-12H,2-10,15H2,1H3,(H,16,17). The molecule has 18 heavy (non-hydrogen) atoms. The highest BCUT2D eigenvalue weighted by Gasteiger charge is 2.32. The molecule has 0 spiro atoms. The molecular weight excluding hydrogens is 228 g/mol. The molecule has 1 saturated heterocycles. The molecule has 2 atom stereocenters. The number of ether oxygens (including phenoxy) is 1. The van der Waals surface area contributed by atoms with Gasteiger partial charge in [0, 0.05) is 31.0 Å². The maximum Gasteiger partial charge on any atom is 0.221 e. The normalized spacial score (nSPS) is 30.6. The van der Waals surface area contributed by atoms with Crippen LogP contribution < -0.4 is 11.1 Å². The van der Waals surface area contributed by atoms with E-state index in [1.165, 1.54) is 0 Å². The molecule has 2 aliphatic rings. The van der Waals surface area contributed by atoms with Gasteiger partial charge in [0.2, 0.25) is 5.91 Å². The summed E-state index contributed by atoms with van der Waals surface area (Å²) in [6, 6.07) is 0. The maximum atomic E-state index is 11.9. The molecular formula is C14H26N2O2. The fourth-order valence-electron chi connectivity index (χ4n) is 3.26. The zero-order valence-corrected chi connectivity index (χ0v) is 11.4. The Balaban J connectivity index is 1.71. The predicted octanol–water partition coefficient (Wildman–Crippen LogP) is 1.58. The van der Waals surface area contributed by atoms with Gasteiger partial charge in [0.1, 0.15) is 0 Å². The summed E-state index contributed by atoms with van der Waals surface area (Å²) in [4.78, 5) is 11.9. The number of hydrogen-bond acceptors (Lipinski definition) is 3. The van der Waals surface area contributed by atoms with Crippen LogP contribution in [-0.4, -0.2) is 30.7 Å². The molecule has 1 aliphatic carbocycles. The third-order valence-electron chi connectivity index (χ3n) is 4.42. The Morgan fingerprint density at radius 1 is 1.44 bits per heavy atom. The third kappa shape index (κ3) is 3.45. The first kappa shape index (κ1) is 13.8. The third-order valence-corrected chi connectivity index (χ3v) is 4.42. The second kappa shape index (κ2) is 6.02. The summed E-state index contributed by atoms with van der Waals surface area (Å²) in [5.74, 6) is 0.595. The van der Waals surface area contributed by atoms with Gasteiger partial charge in [-0.15, -0.1) is 0 Å². The van der Waals surface area contributed by atoms with E-state index in [4.69, 9.17) is 10.5 Å². The van der Waals surface area contributed by atoms with E-state index in [1.807, 2.05) is 0 Å². The first-order valence-corrected chi connectivity index (χ1v) is 7.30. The minimum absolute atomic E-state index is 0.112. The molecule has 2 rings (SSSR count). The molecule has 3 N–H and O–H groups in total. The molecule has 0 bridgehead atoms. The summed E-state index contributed by atoms with van der Waals surface area (Å²) in [5.41, 5.74) is 5.98. The summed E-state index contributed by atoms with van der Waals surface area (Å²) >= 11 is 0. The molecule has 1 saturated carbocycles. The van der Waals surface area contributed by atoms with E-state index in [2.05, 4.69) is 12.2 Å². The van der Waals surface area contributed by atoms with Crippen molar-refractivity contribution in [2.45, 2.75) is 63.5 Å². The predicted molar refractivity (Wildman–Crippen MR) is 71.2 cm³/mol. The van der Waals surface area contributed by atoms with Gasteiger partial charge in [-0.2, -0.15) is 0 Å². The van der Waals surface area contributed by atoms with Crippen molar-refractivity contribution in [2.75, 3.05) is 13.2 Å². The van der Waals surface area contributed by atoms with Crippen LogP contribution in [0.25, 0.3) is 0 Å². The lowest BCUT2D eigenvalue weighted by Crippen LogP contribution is -2.43. The summed E-state index contributed by atoms with van der Waals surface area (Å²) in [6.45, 7) is 3.71. The van der Waals surface area contributed by atoms with Crippen molar-refractivity contribution in [2.24, 2.45) is 11.7 Å². The second-order valence-corrected chi connectivity index (χ2v) is 5.92. The Morgan fingerprint density at radius 3 is 2.83 bits per heavy atom. The largest absolute Gasteiger partial charge is 0.378 e. The van der Waals surface area contributed by atoms with Crippen molar-refractivity contribution in [1.82, 2.24) is 5.32 Å². The fraction of sp³-hybridized carbons (Fsp3) is 0.929. The highest BCUT2D eigenvalue weighted by Crippen LogP contribution is 2.30. The zero-order valence-electron chi connectivity index (χ0n) is 11.4. The maximum absolute atomic E-state index is 11.9. The van der Waals surface area contributed by atoms with E-state index in [1.54, 1.807) is 0 Å². The Labute approximate surface area is 110 Å². The van der Waals surface area contributed by atoms with Crippen LogP contribution in [0.15, 0.2) is 0 Å². The van der Waals surface area contributed by atoms with E-state index in [-0.39, 0.29) is 11.4 Å². The van der Waals surface area contributed by atoms with Gasteiger partial charge < -0.3 is 15.8 Å². The summed E-state index contributed by atoms with van der Waals surface area (Å²) in [6.07, 6.45) is 7.21. The monoisotopic (exact) mass is 254 g/mol. The van der Waals surface area contributed by atoms with E-state index in [0.717, 1.165) is 51.7 Å². The first-order valence-electron chi connectivity index (χ1n) is 7.30. The van der Waals surface area contributed by atoms with Crippen LogP contribution >= 0.6 is 0 Å². The lowest BCUT2D eigenvalue weighted by atomic mass is 9.94. The molecule has 1 heterocycles. The second-order valence-electron chi connectivity index (χ2n) is 5.92. The van der Waals surface area contributed by atoms with Gasteiger partial charge in [0.15, 0.2) is 0 Å². The van der Waals surface area contributed by atoms with Crippen LogP contribution in [0.3, 0.4) is 0 Å². The van der Waals surface area contributed by atoms with Gasteiger partial charge in [-0.3, -0.25) is 4.79 Å². The lowest BCUT2D eigenvalue weighted by molar-refractivity contribution is -0.122. The van der Waals surface area contributed by atoms with Gasteiger partial charge >= 0.3 is 0 Å². The Kier molecular flexibility index (Phi) is 4.62. The number of nitrogens with two attached hydrogens (primary N) is 1. The molecule has 4 nitrogen and oxygen atoms in total. The van der Waals surface area contributed by atoms with Crippen LogP contribution in [0.4, 0.5) is 0 Å². The van der Waals surface area contributed by atoms with Crippen LogP contribution in [0, 0.1) is 5.92 Å². The number of amides is 1. The summed E-state index contributed by atoms with van der Waals surface area (Å²) in [5, 5.41) is 3.04. The van der Waals surface area contributed by atoms with Crippen molar-refractivity contribution in [1.29, 1.82) is 0 Å². The quantitative estimate of drug-likeness (QED) is 0.783. The number of carbonyl (C=O) groups excluding carboxylic acids is 1. The van der Waals surface area contributed by atoms with Crippen LogP contribution in [0.5, 0.6) is 0 Å². The Bertz CT molecular complexity index is 288. The van der Waals surface area contributed by atoms with Crippen molar-refractivity contribution in [3.8, 4) is 0 Å². The smallest absolute Gasteiger partial charge is 0.221 e. The van der Waals surface area contributed by atoms with Gasteiger partial charge in [-0.1, -0.05) is 19.8 Å². The summed E-state index contributed by atoms with van der Waals surface area (Å²) in [7, 11) is 0. The number of hydrogen-bond donors (Lipinski definition) is 2. The number of nitrogens with one attached hydrogen (secondary N) is 1. The molecule has 2 fully saturated rings. The first-order chi connectivity index (χ1) is 8.63. The van der Waals surface area contributed by atoms with Crippen molar-refractivity contribution in [3.05, 3.63) is 0 Å². The minimum atomic E-state index is -0.236. The topological polar surface area (TPSA) is 64.3 Å². The molecule has 104 valence electrons. The van der Waals surface area contributed by atoms with Crippen molar-refractivity contribution < 1.29 is 9.53 Å². The molecule has 1 aliphatic heterocycles. The highest BCUT2D eigenvalue weighted by atomic mass is 16.5. The van der Waals surface area contributed by atoms with Gasteiger partial charge in [0.25, 0.3) is 0 Å². The Morgan fingerprint density at radius 2 is 2.17 bits per heavy atom. The lowest BCUT2D eigenvalue weighted by Gasteiger charge is -2.23. The SMILES string of the molecule is CCC1OCCC1CNC(=O)CC1(N)CCCC1. The molecule has 4 heteroatoms. The fourth-order valence-corrected chi connectivity index (χ4v) is 3.26. The molecule has 0 aromatic heterocycles. The van der Waals surface area contributed by atoms with Crippen LogP contribution in [0.2, 0.25) is 0 Å². The molecule has 0 aromatic carbocycles. The zero-order chi connectivity index (χ0) is 13.0. The van der Waals surface area contributed by atoms with E-state index < -0.39 is 0 Å². The van der Waals surface area contributed by atoms with Gasteiger partial charge in [-0.25, -0.2) is 0 Å². The molecule has 0 radical (unpaired) electrons. The highest BCUT2D eigenvalue weighted by molar-refractivity contribution is 5.77. The van der Waals surface area contributed by atoms with Crippen LogP contribution in [-0.2, 0) is 9.53 Å². The van der Waals surface area contributed by atoms with Gasteiger partial charge in [-0.05, 0) is 25.7 Å². The van der Waals surface area contributed by atoms with Crippen molar-refractivity contribution in [3.63, 3.8) is 0 Å². The summed E-state index contributed by atoms with van der Waals surface area (Å²) < 4.78 is 5.62. The average molecular weight is 254 g/mol. The van der Waals surface area contributed by atoms with E-state index in [9.17, 15) is 4.79 Å². The molecule has 1 amide bonds. The average Bonchev–Trinajstić information content (AvgIpc) is 2.95. The molecule has 2 unspecified atom stereocenters. The van der Waals surface area contributed by atoms with E-state index in [0.29, 0.717) is 18.4 Å². The minimum Gasteiger partial charge on any atom is -0.378 e. The Hall–Kier alpha value is -0.610. The van der Waals surface area contributed by atoms with Gasteiger partial charge in [0.05, 0.1) is 6.10 Å². The number of carbonyl (C=O) groups is 1. The van der Waals surface area contributed by atoms with E-state index >= 15 is 0 Å².